The van der Waals surface area contributed by atoms with Crippen LogP contribution >= 0.6 is 0 Å². The summed E-state index contributed by atoms with van der Waals surface area (Å²) in [5.41, 5.74) is 2.49. The fraction of sp³-hybridized carbons (Fsp3) is 0.818. The standard InChI is InChI=1S/C11H23N3O3/c1-11(2,3)7-8(6-9(15)16)12-10(17)13-14(4)5/h8H,6-7H2,1-5H3,(H,15,16)(H2,12,13,17). The van der Waals surface area contributed by atoms with E-state index in [-0.39, 0.29) is 23.9 Å². The summed E-state index contributed by atoms with van der Waals surface area (Å²) in [6.07, 6.45) is 0.540. The molecule has 0 aliphatic heterocycles. The molecule has 0 saturated heterocycles. The van der Waals surface area contributed by atoms with Crippen LogP contribution in [0.4, 0.5) is 4.79 Å². The molecule has 0 aliphatic carbocycles. The molecular formula is C11H23N3O3. The Kier molecular flexibility index (Phi) is 5.95. The molecule has 3 N–H and O–H groups in total. The molecule has 6 heteroatoms. The molecule has 17 heavy (non-hydrogen) atoms. The van der Waals surface area contributed by atoms with E-state index in [0.717, 1.165) is 0 Å². The summed E-state index contributed by atoms with van der Waals surface area (Å²) in [7, 11) is 3.38. The average molecular weight is 245 g/mol. The van der Waals surface area contributed by atoms with E-state index >= 15 is 0 Å². The van der Waals surface area contributed by atoms with E-state index in [9.17, 15) is 9.59 Å². The van der Waals surface area contributed by atoms with Crippen LogP contribution in [0.3, 0.4) is 0 Å². The zero-order valence-corrected chi connectivity index (χ0v) is 11.2. The third-order valence-electron chi connectivity index (χ3n) is 1.94. The average Bonchev–Trinajstić information content (AvgIpc) is 1.95. The summed E-state index contributed by atoms with van der Waals surface area (Å²) in [6, 6.07) is -0.752. The molecule has 0 heterocycles. The molecule has 100 valence electrons. The topological polar surface area (TPSA) is 81.7 Å². The molecule has 0 rings (SSSR count). The van der Waals surface area contributed by atoms with Crippen LogP contribution in [0.1, 0.15) is 33.6 Å². The van der Waals surface area contributed by atoms with Crippen molar-refractivity contribution < 1.29 is 14.7 Å². The Balaban J connectivity index is 4.38. The van der Waals surface area contributed by atoms with Crippen LogP contribution in [0.15, 0.2) is 0 Å². The van der Waals surface area contributed by atoms with Crippen molar-refractivity contribution in [2.45, 2.75) is 39.7 Å². The number of hydrazine groups is 1. The number of carboxylic acid groups (broad SMARTS) is 1. The van der Waals surface area contributed by atoms with Crippen molar-refractivity contribution in [1.82, 2.24) is 15.8 Å². The van der Waals surface area contributed by atoms with Crippen LogP contribution in [0.2, 0.25) is 0 Å². The molecule has 0 aromatic heterocycles. The maximum Gasteiger partial charge on any atom is 0.329 e. The summed E-state index contributed by atoms with van der Waals surface area (Å²) >= 11 is 0. The van der Waals surface area contributed by atoms with E-state index < -0.39 is 5.97 Å². The Labute approximate surface area is 102 Å². The minimum atomic E-state index is -0.913. The first-order valence-electron chi connectivity index (χ1n) is 5.56. The number of nitrogens with one attached hydrogen (secondary N) is 2. The third kappa shape index (κ3) is 9.62. The largest absolute Gasteiger partial charge is 0.481 e. The Morgan fingerprint density at radius 1 is 1.29 bits per heavy atom. The van der Waals surface area contributed by atoms with Crippen LogP contribution in [0.5, 0.6) is 0 Å². The number of carbonyl (C=O) groups excluding carboxylic acids is 1. The Morgan fingerprint density at radius 2 is 1.82 bits per heavy atom. The second kappa shape index (κ2) is 6.44. The van der Waals surface area contributed by atoms with Crippen molar-refractivity contribution in [2.75, 3.05) is 14.1 Å². The van der Waals surface area contributed by atoms with Crippen molar-refractivity contribution in [3.8, 4) is 0 Å². The summed E-state index contributed by atoms with van der Waals surface area (Å²) in [6.45, 7) is 6.02. The van der Waals surface area contributed by atoms with Gasteiger partial charge in [-0.15, -0.1) is 0 Å². The molecule has 1 unspecified atom stereocenters. The van der Waals surface area contributed by atoms with Crippen LogP contribution in [-0.4, -0.2) is 42.3 Å². The van der Waals surface area contributed by atoms with Gasteiger partial charge in [0.2, 0.25) is 0 Å². The molecule has 6 nitrogen and oxygen atoms in total. The quantitative estimate of drug-likeness (QED) is 0.632. The second-order valence-electron chi connectivity index (χ2n) is 5.54. The van der Waals surface area contributed by atoms with Gasteiger partial charge < -0.3 is 10.4 Å². The highest BCUT2D eigenvalue weighted by Crippen LogP contribution is 2.22. The predicted molar refractivity (Wildman–Crippen MR) is 65.5 cm³/mol. The van der Waals surface area contributed by atoms with Gasteiger partial charge in [-0.25, -0.2) is 9.80 Å². The van der Waals surface area contributed by atoms with E-state index in [1.165, 1.54) is 5.01 Å². The van der Waals surface area contributed by atoms with Crippen LogP contribution < -0.4 is 10.7 Å². The highest BCUT2D eigenvalue weighted by Gasteiger charge is 2.22. The van der Waals surface area contributed by atoms with E-state index in [0.29, 0.717) is 6.42 Å². The SMILES string of the molecule is CN(C)NC(=O)NC(CC(=O)O)CC(C)(C)C. The highest BCUT2D eigenvalue weighted by atomic mass is 16.4. The van der Waals surface area contributed by atoms with E-state index in [4.69, 9.17) is 5.11 Å². The third-order valence-corrected chi connectivity index (χ3v) is 1.94. The van der Waals surface area contributed by atoms with Crippen molar-refractivity contribution in [3.05, 3.63) is 0 Å². The summed E-state index contributed by atoms with van der Waals surface area (Å²) in [5, 5.41) is 13.0. The Morgan fingerprint density at radius 3 is 2.18 bits per heavy atom. The van der Waals surface area contributed by atoms with Crippen molar-refractivity contribution in [3.63, 3.8) is 0 Å². The van der Waals surface area contributed by atoms with Gasteiger partial charge in [0.05, 0.1) is 6.42 Å². The van der Waals surface area contributed by atoms with Gasteiger partial charge in [-0.3, -0.25) is 10.2 Å². The number of hydrogen-bond donors (Lipinski definition) is 3. The number of aliphatic carboxylic acids is 1. The normalized spacial score (nSPS) is 13.3. The molecular weight excluding hydrogens is 222 g/mol. The van der Waals surface area contributed by atoms with Gasteiger partial charge in [0.15, 0.2) is 0 Å². The lowest BCUT2D eigenvalue weighted by molar-refractivity contribution is -0.137. The number of carbonyl (C=O) groups is 2. The minimum Gasteiger partial charge on any atom is -0.481 e. The monoisotopic (exact) mass is 245 g/mol. The van der Waals surface area contributed by atoms with Crippen molar-refractivity contribution in [2.24, 2.45) is 5.41 Å². The molecule has 0 saturated carbocycles. The molecule has 0 aliphatic rings. The molecule has 0 radical (unpaired) electrons. The van der Waals surface area contributed by atoms with Crippen molar-refractivity contribution >= 4 is 12.0 Å². The molecule has 0 fully saturated rings. The fourth-order valence-corrected chi connectivity index (χ4v) is 1.54. The number of amides is 2. The number of carboxylic acids is 1. The fourth-order valence-electron chi connectivity index (χ4n) is 1.54. The maximum atomic E-state index is 11.5. The summed E-state index contributed by atoms with van der Waals surface area (Å²) < 4.78 is 0. The molecule has 0 aromatic carbocycles. The smallest absolute Gasteiger partial charge is 0.329 e. The second-order valence-corrected chi connectivity index (χ2v) is 5.54. The van der Waals surface area contributed by atoms with Crippen molar-refractivity contribution in [1.29, 1.82) is 0 Å². The van der Waals surface area contributed by atoms with Gasteiger partial charge in [-0.1, -0.05) is 20.8 Å². The summed E-state index contributed by atoms with van der Waals surface area (Å²) in [4.78, 5) is 22.2. The van der Waals surface area contributed by atoms with E-state index in [1.54, 1.807) is 14.1 Å². The maximum absolute atomic E-state index is 11.5. The zero-order chi connectivity index (χ0) is 13.6. The number of nitrogens with zero attached hydrogens (tertiary/aromatic N) is 1. The van der Waals surface area contributed by atoms with Crippen LogP contribution in [-0.2, 0) is 4.79 Å². The van der Waals surface area contributed by atoms with E-state index in [1.807, 2.05) is 20.8 Å². The Bertz CT molecular complexity index is 272. The highest BCUT2D eigenvalue weighted by molar-refractivity contribution is 5.75. The lowest BCUT2D eigenvalue weighted by Crippen LogP contribution is -2.48. The zero-order valence-electron chi connectivity index (χ0n) is 11.2. The lowest BCUT2D eigenvalue weighted by Gasteiger charge is -2.26. The predicted octanol–water partition coefficient (Wildman–Crippen LogP) is 1.04. The minimum absolute atomic E-state index is 0.0362. The molecule has 0 bridgehead atoms. The van der Waals surface area contributed by atoms with Gasteiger partial charge in [-0.05, 0) is 11.8 Å². The lowest BCUT2D eigenvalue weighted by atomic mass is 9.87. The number of rotatable bonds is 5. The number of hydrogen-bond acceptors (Lipinski definition) is 3. The van der Waals surface area contributed by atoms with Gasteiger partial charge in [0.25, 0.3) is 0 Å². The molecule has 0 spiro atoms. The molecule has 0 aromatic rings. The van der Waals surface area contributed by atoms with Crippen LogP contribution in [0.25, 0.3) is 0 Å². The number of urea groups is 1. The van der Waals surface area contributed by atoms with Gasteiger partial charge in [0, 0.05) is 20.1 Å². The van der Waals surface area contributed by atoms with Gasteiger partial charge >= 0.3 is 12.0 Å². The van der Waals surface area contributed by atoms with Gasteiger partial charge in [-0.2, -0.15) is 0 Å². The first kappa shape index (κ1) is 15.7. The molecule has 2 amide bonds. The first-order valence-corrected chi connectivity index (χ1v) is 5.56. The van der Waals surface area contributed by atoms with E-state index in [2.05, 4.69) is 10.7 Å². The van der Waals surface area contributed by atoms with Crippen LogP contribution in [0, 0.1) is 5.41 Å². The molecule has 1 atom stereocenters. The summed E-state index contributed by atoms with van der Waals surface area (Å²) in [5.74, 6) is -0.913. The first-order chi connectivity index (χ1) is 7.60. The Hall–Kier alpha value is -1.30. The van der Waals surface area contributed by atoms with Gasteiger partial charge in [0.1, 0.15) is 0 Å².